The van der Waals surface area contributed by atoms with Crippen molar-refractivity contribution in [1.29, 1.82) is 0 Å². The number of likely N-dealkylation sites (tertiary alicyclic amines) is 1. The second-order valence-corrected chi connectivity index (χ2v) is 8.01. The number of rotatable bonds is 5. The summed E-state index contributed by atoms with van der Waals surface area (Å²) in [5, 5.41) is 3.46. The maximum absolute atomic E-state index is 13.7. The summed E-state index contributed by atoms with van der Waals surface area (Å²) in [6, 6.07) is 28.0. The zero-order valence-corrected chi connectivity index (χ0v) is 17.2. The highest BCUT2D eigenvalue weighted by molar-refractivity contribution is 9.10. The lowest BCUT2D eigenvalue weighted by Gasteiger charge is -2.30. The third kappa shape index (κ3) is 4.12. The Labute approximate surface area is 174 Å². The van der Waals surface area contributed by atoms with E-state index >= 15 is 0 Å². The number of benzene rings is 3. The summed E-state index contributed by atoms with van der Waals surface area (Å²) >= 11 is 3.49. The molecule has 28 heavy (non-hydrogen) atoms. The summed E-state index contributed by atoms with van der Waals surface area (Å²) < 4.78 is 1.01. The molecule has 1 aliphatic heterocycles. The van der Waals surface area contributed by atoms with E-state index in [2.05, 4.69) is 33.4 Å². The number of halogens is 1. The first kappa shape index (κ1) is 18.8. The summed E-state index contributed by atoms with van der Waals surface area (Å²) in [4.78, 5) is 15.7. The van der Waals surface area contributed by atoms with Gasteiger partial charge in [-0.3, -0.25) is 4.79 Å². The van der Waals surface area contributed by atoms with E-state index in [0.717, 1.165) is 35.1 Å². The van der Waals surface area contributed by atoms with Crippen molar-refractivity contribution in [3.63, 3.8) is 0 Å². The van der Waals surface area contributed by atoms with Gasteiger partial charge in [-0.05, 0) is 48.2 Å². The molecule has 0 radical (unpaired) electrons. The van der Waals surface area contributed by atoms with Crippen LogP contribution in [0.3, 0.4) is 0 Å². The van der Waals surface area contributed by atoms with Gasteiger partial charge < -0.3 is 10.2 Å². The molecule has 1 fully saturated rings. The number of para-hydroxylation sites is 1. The van der Waals surface area contributed by atoms with Crippen LogP contribution >= 0.6 is 15.9 Å². The Kier molecular flexibility index (Phi) is 5.77. The molecule has 0 aromatic heterocycles. The molecule has 142 valence electrons. The predicted molar refractivity (Wildman–Crippen MR) is 117 cm³/mol. The third-order valence-electron chi connectivity index (χ3n) is 5.26. The molecule has 1 aliphatic rings. The summed E-state index contributed by atoms with van der Waals surface area (Å²) in [5.74, 6) is 0.123. The summed E-state index contributed by atoms with van der Waals surface area (Å²) in [5.41, 5.74) is 3.12. The standard InChI is InChI=1S/C24H23BrN2O/c25-20-15-13-19(14-16-20)23(26-21-10-5-2-6-11-21)24(28)27-17-7-12-22(27)18-8-3-1-4-9-18/h1-6,8-11,13-16,22-23,26H,7,12,17H2. The Morgan fingerprint density at radius 3 is 2.25 bits per heavy atom. The smallest absolute Gasteiger partial charge is 0.250 e. The van der Waals surface area contributed by atoms with Crippen molar-refractivity contribution in [3.8, 4) is 0 Å². The van der Waals surface area contributed by atoms with E-state index in [1.165, 1.54) is 5.56 Å². The molecule has 1 amide bonds. The zero-order valence-electron chi connectivity index (χ0n) is 15.6. The Morgan fingerprint density at radius 2 is 1.57 bits per heavy atom. The first-order valence-corrected chi connectivity index (χ1v) is 10.4. The summed E-state index contributed by atoms with van der Waals surface area (Å²) in [6.07, 6.45) is 2.04. The van der Waals surface area contributed by atoms with E-state index in [1.54, 1.807) is 0 Å². The first-order valence-electron chi connectivity index (χ1n) is 9.65. The minimum atomic E-state index is -0.417. The molecular weight excluding hydrogens is 412 g/mol. The summed E-state index contributed by atoms with van der Waals surface area (Å²) in [7, 11) is 0. The Hall–Kier alpha value is -2.59. The zero-order chi connectivity index (χ0) is 19.3. The van der Waals surface area contributed by atoms with Gasteiger partial charge in [0.2, 0.25) is 5.91 Å². The van der Waals surface area contributed by atoms with Gasteiger partial charge in [-0.25, -0.2) is 0 Å². The number of carbonyl (C=O) groups is 1. The molecule has 2 unspecified atom stereocenters. The van der Waals surface area contributed by atoms with Crippen LogP contribution < -0.4 is 5.32 Å². The van der Waals surface area contributed by atoms with Gasteiger partial charge in [-0.15, -0.1) is 0 Å². The quantitative estimate of drug-likeness (QED) is 0.536. The van der Waals surface area contributed by atoms with Gasteiger partial charge in [0.15, 0.2) is 0 Å². The Bertz CT molecular complexity index is 912. The van der Waals surface area contributed by atoms with E-state index in [1.807, 2.05) is 77.7 Å². The molecule has 0 saturated carbocycles. The van der Waals surface area contributed by atoms with Crippen molar-refractivity contribution in [3.05, 3.63) is 101 Å². The molecule has 1 heterocycles. The van der Waals surface area contributed by atoms with Crippen LogP contribution in [0.1, 0.15) is 36.1 Å². The molecule has 0 aliphatic carbocycles. The molecule has 0 spiro atoms. The van der Waals surface area contributed by atoms with E-state index in [4.69, 9.17) is 0 Å². The van der Waals surface area contributed by atoms with Gasteiger partial charge in [-0.2, -0.15) is 0 Å². The molecule has 4 rings (SSSR count). The molecule has 4 heteroatoms. The first-order chi connectivity index (χ1) is 13.7. The minimum Gasteiger partial charge on any atom is -0.370 e. The number of amides is 1. The van der Waals surface area contributed by atoms with Crippen molar-refractivity contribution in [1.82, 2.24) is 4.90 Å². The monoisotopic (exact) mass is 434 g/mol. The fraction of sp³-hybridized carbons (Fsp3) is 0.208. The maximum atomic E-state index is 13.7. The van der Waals surface area contributed by atoms with Crippen LogP contribution in [-0.2, 0) is 4.79 Å². The topological polar surface area (TPSA) is 32.3 Å². The van der Waals surface area contributed by atoms with Gasteiger partial charge in [0.05, 0.1) is 6.04 Å². The lowest BCUT2D eigenvalue weighted by Crippen LogP contribution is -2.37. The highest BCUT2D eigenvalue weighted by Gasteiger charge is 2.34. The fourth-order valence-electron chi connectivity index (χ4n) is 3.86. The average Bonchev–Trinajstić information content (AvgIpc) is 3.24. The molecule has 1 saturated heterocycles. The Morgan fingerprint density at radius 1 is 0.929 bits per heavy atom. The van der Waals surface area contributed by atoms with Crippen molar-refractivity contribution < 1.29 is 4.79 Å². The number of anilines is 1. The predicted octanol–water partition coefficient (Wildman–Crippen LogP) is 5.97. The van der Waals surface area contributed by atoms with E-state index in [-0.39, 0.29) is 11.9 Å². The molecule has 2 atom stereocenters. The van der Waals surface area contributed by atoms with Crippen molar-refractivity contribution >= 4 is 27.5 Å². The van der Waals surface area contributed by atoms with Crippen molar-refractivity contribution in [2.45, 2.75) is 24.9 Å². The molecule has 3 aromatic carbocycles. The largest absolute Gasteiger partial charge is 0.370 e. The van der Waals surface area contributed by atoms with Crippen LogP contribution in [0.5, 0.6) is 0 Å². The molecule has 3 nitrogen and oxygen atoms in total. The number of carbonyl (C=O) groups excluding carboxylic acids is 1. The van der Waals surface area contributed by atoms with Crippen LogP contribution in [0.2, 0.25) is 0 Å². The average molecular weight is 435 g/mol. The van der Waals surface area contributed by atoms with E-state index < -0.39 is 6.04 Å². The molecule has 1 N–H and O–H groups in total. The van der Waals surface area contributed by atoms with Gasteiger partial charge in [0.1, 0.15) is 6.04 Å². The second-order valence-electron chi connectivity index (χ2n) is 7.10. The SMILES string of the molecule is O=C(C(Nc1ccccc1)c1ccc(Br)cc1)N1CCCC1c1ccccc1. The van der Waals surface area contributed by atoms with Gasteiger partial charge in [-0.1, -0.05) is 76.6 Å². The highest BCUT2D eigenvalue weighted by atomic mass is 79.9. The Balaban J connectivity index is 1.65. The van der Waals surface area contributed by atoms with Crippen LogP contribution in [0.15, 0.2) is 89.4 Å². The molecule has 0 bridgehead atoms. The van der Waals surface area contributed by atoms with Crippen LogP contribution in [-0.4, -0.2) is 17.4 Å². The summed E-state index contributed by atoms with van der Waals surface area (Å²) in [6.45, 7) is 0.794. The van der Waals surface area contributed by atoms with Crippen LogP contribution in [0, 0.1) is 0 Å². The van der Waals surface area contributed by atoms with Crippen molar-refractivity contribution in [2.24, 2.45) is 0 Å². The second kappa shape index (κ2) is 8.61. The van der Waals surface area contributed by atoms with Crippen LogP contribution in [0.4, 0.5) is 5.69 Å². The molecular formula is C24H23BrN2O. The van der Waals surface area contributed by atoms with Crippen molar-refractivity contribution in [2.75, 3.05) is 11.9 Å². The minimum absolute atomic E-state index is 0.123. The number of nitrogens with one attached hydrogen (secondary N) is 1. The number of nitrogens with zero attached hydrogens (tertiary/aromatic N) is 1. The fourth-order valence-corrected chi connectivity index (χ4v) is 4.13. The van der Waals surface area contributed by atoms with Crippen LogP contribution in [0.25, 0.3) is 0 Å². The number of hydrogen-bond donors (Lipinski definition) is 1. The molecule has 3 aromatic rings. The highest BCUT2D eigenvalue weighted by Crippen LogP contribution is 2.35. The van der Waals surface area contributed by atoms with Gasteiger partial charge >= 0.3 is 0 Å². The normalized spacial score (nSPS) is 17.3. The number of hydrogen-bond acceptors (Lipinski definition) is 2. The maximum Gasteiger partial charge on any atom is 0.250 e. The van der Waals surface area contributed by atoms with E-state index in [0.29, 0.717) is 0 Å². The third-order valence-corrected chi connectivity index (χ3v) is 5.78. The van der Waals surface area contributed by atoms with E-state index in [9.17, 15) is 4.79 Å². The lowest BCUT2D eigenvalue weighted by molar-refractivity contribution is -0.133. The van der Waals surface area contributed by atoms with Gasteiger partial charge in [0.25, 0.3) is 0 Å². The lowest BCUT2D eigenvalue weighted by atomic mass is 10.0. The van der Waals surface area contributed by atoms with Gasteiger partial charge in [0, 0.05) is 16.7 Å².